The van der Waals surface area contributed by atoms with Crippen molar-refractivity contribution in [1.29, 1.82) is 0 Å². The minimum atomic E-state index is -0.0206. The first-order valence-electron chi connectivity index (χ1n) is 7.75. The van der Waals surface area contributed by atoms with Crippen molar-refractivity contribution in [2.45, 2.75) is 32.0 Å². The third-order valence-electron chi connectivity index (χ3n) is 3.72. The Morgan fingerprint density at radius 1 is 1.39 bits per heavy atom. The average Bonchev–Trinajstić information content (AvgIpc) is 2.53. The van der Waals surface area contributed by atoms with Crippen LogP contribution in [0.4, 0.5) is 5.82 Å². The fourth-order valence-electron chi connectivity index (χ4n) is 2.00. The number of anilines is 1. The van der Waals surface area contributed by atoms with Gasteiger partial charge in [-0.3, -0.25) is 4.79 Å². The first-order valence-corrected chi connectivity index (χ1v) is 9.11. The highest BCUT2D eigenvalue weighted by Gasteiger charge is 2.16. The number of ether oxygens (including phenoxy) is 1. The predicted octanol–water partition coefficient (Wildman–Crippen LogP) is 2.22. The zero-order valence-corrected chi connectivity index (χ0v) is 15.3. The molecule has 23 heavy (non-hydrogen) atoms. The van der Waals surface area contributed by atoms with Crippen LogP contribution in [0.25, 0.3) is 0 Å². The number of hydrogen-bond donors (Lipinski definition) is 1. The van der Waals surface area contributed by atoms with Gasteiger partial charge in [0.25, 0.3) is 0 Å². The second-order valence-corrected chi connectivity index (χ2v) is 7.15. The van der Waals surface area contributed by atoms with E-state index in [1.54, 1.807) is 6.07 Å². The van der Waals surface area contributed by atoms with Crippen LogP contribution in [0.1, 0.15) is 20.8 Å². The Kier molecular flexibility index (Phi) is 6.92. The molecule has 2 heterocycles. The van der Waals surface area contributed by atoms with Gasteiger partial charge in [-0.25, -0.2) is 9.97 Å². The van der Waals surface area contributed by atoms with Crippen LogP contribution in [-0.2, 0) is 9.53 Å². The normalized spacial score (nSPS) is 16.5. The summed E-state index contributed by atoms with van der Waals surface area (Å²) in [6.07, 6.45) is 0. The molecule has 1 saturated heterocycles. The van der Waals surface area contributed by atoms with Crippen LogP contribution < -0.4 is 10.2 Å². The summed E-state index contributed by atoms with van der Waals surface area (Å²) in [6.45, 7) is 9.08. The molecule has 0 aromatic carbocycles. The van der Waals surface area contributed by atoms with Crippen molar-refractivity contribution in [3.63, 3.8) is 0 Å². The van der Waals surface area contributed by atoms with Crippen LogP contribution in [0, 0.1) is 5.92 Å². The molecule has 8 heteroatoms. The fraction of sp³-hybridized carbons (Fsp3) is 0.667. The van der Waals surface area contributed by atoms with Crippen LogP contribution >= 0.6 is 23.4 Å². The zero-order valence-electron chi connectivity index (χ0n) is 13.7. The van der Waals surface area contributed by atoms with Crippen molar-refractivity contribution in [2.24, 2.45) is 5.92 Å². The van der Waals surface area contributed by atoms with E-state index in [-0.39, 0.29) is 17.7 Å². The molecule has 1 aliphatic rings. The van der Waals surface area contributed by atoms with E-state index in [0.717, 1.165) is 18.9 Å². The highest BCUT2D eigenvalue weighted by atomic mass is 35.5. The van der Waals surface area contributed by atoms with Gasteiger partial charge in [-0.05, 0) is 12.8 Å². The Morgan fingerprint density at radius 3 is 2.74 bits per heavy atom. The smallest absolute Gasteiger partial charge is 0.230 e. The van der Waals surface area contributed by atoms with Gasteiger partial charge in [0.05, 0.1) is 19.0 Å². The van der Waals surface area contributed by atoms with Crippen molar-refractivity contribution in [2.75, 3.05) is 37.0 Å². The number of morpholine rings is 1. The molecule has 1 amide bonds. The van der Waals surface area contributed by atoms with Gasteiger partial charge in [0.2, 0.25) is 5.91 Å². The molecule has 1 aromatic rings. The van der Waals surface area contributed by atoms with E-state index in [1.165, 1.54) is 11.8 Å². The van der Waals surface area contributed by atoms with Gasteiger partial charge >= 0.3 is 0 Å². The summed E-state index contributed by atoms with van der Waals surface area (Å²) in [5.41, 5.74) is 0. The van der Waals surface area contributed by atoms with Crippen LogP contribution in [0.3, 0.4) is 0 Å². The lowest BCUT2D eigenvalue weighted by molar-refractivity contribution is -0.119. The molecule has 2 rings (SSSR count). The average molecular weight is 359 g/mol. The predicted molar refractivity (Wildman–Crippen MR) is 93.2 cm³/mol. The van der Waals surface area contributed by atoms with Gasteiger partial charge in [-0.1, -0.05) is 37.2 Å². The number of carbonyl (C=O) groups excluding carboxylic acids is 1. The van der Waals surface area contributed by atoms with Crippen molar-refractivity contribution >= 4 is 35.1 Å². The maximum absolute atomic E-state index is 12.0. The number of nitrogens with zero attached hydrogens (tertiary/aromatic N) is 3. The number of rotatable bonds is 6. The van der Waals surface area contributed by atoms with E-state index < -0.39 is 0 Å². The van der Waals surface area contributed by atoms with Gasteiger partial charge in [-0.2, -0.15) is 0 Å². The number of halogens is 1. The summed E-state index contributed by atoms with van der Waals surface area (Å²) < 4.78 is 5.34. The molecule has 1 N–H and O–H groups in total. The Labute approximate surface area is 146 Å². The molecular weight excluding hydrogens is 336 g/mol. The van der Waals surface area contributed by atoms with Crippen molar-refractivity contribution in [3.05, 3.63) is 11.2 Å². The topological polar surface area (TPSA) is 67.4 Å². The Hall–Kier alpha value is -1.05. The summed E-state index contributed by atoms with van der Waals surface area (Å²) in [6, 6.07) is 1.89. The molecule has 1 unspecified atom stereocenters. The highest BCUT2D eigenvalue weighted by Crippen LogP contribution is 2.22. The summed E-state index contributed by atoms with van der Waals surface area (Å²) in [5.74, 6) is 1.44. The van der Waals surface area contributed by atoms with Gasteiger partial charge in [-0.15, -0.1) is 0 Å². The second kappa shape index (κ2) is 8.70. The largest absolute Gasteiger partial charge is 0.378 e. The summed E-state index contributed by atoms with van der Waals surface area (Å²) in [7, 11) is 0. The van der Waals surface area contributed by atoms with E-state index in [0.29, 0.717) is 29.4 Å². The lowest BCUT2D eigenvalue weighted by Crippen LogP contribution is -2.37. The number of carbonyl (C=O) groups is 1. The number of hydrogen-bond acceptors (Lipinski definition) is 6. The molecule has 6 nitrogen and oxygen atoms in total. The van der Waals surface area contributed by atoms with Gasteiger partial charge in [0.1, 0.15) is 11.0 Å². The molecule has 128 valence electrons. The zero-order chi connectivity index (χ0) is 16.8. The van der Waals surface area contributed by atoms with Crippen molar-refractivity contribution in [1.82, 2.24) is 15.3 Å². The SMILES string of the molecule is CC(C)C(C)NC(=O)CSc1nc(Cl)cc(N2CCOCC2)n1. The summed E-state index contributed by atoms with van der Waals surface area (Å²) in [5, 5.41) is 3.88. The molecule has 0 saturated carbocycles. The number of thioether (sulfide) groups is 1. The maximum atomic E-state index is 12.0. The van der Waals surface area contributed by atoms with Crippen LogP contribution in [0.15, 0.2) is 11.2 Å². The third kappa shape index (κ3) is 5.82. The standard InChI is InChI=1S/C15H23ClN4O2S/c1-10(2)11(3)17-14(21)9-23-15-18-12(16)8-13(19-15)20-4-6-22-7-5-20/h8,10-11H,4-7,9H2,1-3H3,(H,17,21). The second-order valence-electron chi connectivity index (χ2n) is 5.82. The quantitative estimate of drug-likeness (QED) is 0.478. The summed E-state index contributed by atoms with van der Waals surface area (Å²) >= 11 is 7.39. The number of aromatic nitrogens is 2. The third-order valence-corrected chi connectivity index (χ3v) is 4.76. The van der Waals surface area contributed by atoms with Crippen molar-refractivity contribution in [3.8, 4) is 0 Å². The molecule has 0 bridgehead atoms. The molecule has 0 spiro atoms. The van der Waals surface area contributed by atoms with Gasteiger partial charge in [0.15, 0.2) is 5.16 Å². The molecule has 1 aromatic heterocycles. The molecular formula is C15H23ClN4O2S. The monoisotopic (exact) mass is 358 g/mol. The first-order chi connectivity index (χ1) is 11.0. The Morgan fingerprint density at radius 2 is 2.09 bits per heavy atom. The van der Waals surface area contributed by atoms with E-state index >= 15 is 0 Å². The molecule has 1 aliphatic heterocycles. The highest BCUT2D eigenvalue weighted by molar-refractivity contribution is 7.99. The van der Waals surface area contributed by atoms with Gasteiger partial charge < -0.3 is 15.0 Å². The number of nitrogens with one attached hydrogen (secondary N) is 1. The van der Waals surface area contributed by atoms with E-state index in [1.807, 2.05) is 6.92 Å². The molecule has 1 fully saturated rings. The molecule has 0 radical (unpaired) electrons. The van der Waals surface area contributed by atoms with Crippen molar-refractivity contribution < 1.29 is 9.53 Å². The Balaban J connectivity index is 1.94. The molecule has 0 aliphatic carbocycles. The lowest BCUT2D eigenvalue weighted by Gasteiger charge is -2.27. The minimum Gasteiger partial charge on any atom is -0.378 e. The lowest BCUT2D eigenvalue weighted by atomic mass is 10.1. The van der Waals surface area contributed by atoms with Gasteiger partial charge in [0, 0.05) is 25.2 Å². The fourth-order valence-corrected chi connectivity index (χ4v) is 2.89. The van der Waals surface area contributed by atoms with Crippen LogP contribution in [0.5, 0.6) is 0 Å². The van der Waals surface area contributed by atoms with E-state index in [2.05, 4.69) is 34.0 Å². The maximum Gasteiger partial charge on any atom is 0.230 e. The number of amides is 1. The molecule has 1 atom stereocenters. The van der Waals surface area contributed by atoms with Crippen LogP contribution in [-0.4, -0.2) is 54.0 Å². The van der Waals surface area contributed by atoms with E-state index in [9.17, 15) is 4.79 Å². The first kappa shape index (κ1) is 18.3. The van der Waals surface area contributed by atoms with E-state index in [4.69, 9.17) is 16.3 Å². The summed E-state index contributed by atoms with van der Waals surface area (Å²) in [4.78, 5) is 22.8. The Bertz CT molecular complexity index is 538. The van der Waals surface area contributed by atoms with Crippen LogP contribution in [0.2, 0.25) is 5.15 Å². The minimum absolute atomic E-state index is 0.0206.